The standard InChI is InChI=1S/C14H18O5/c1-9(15)19-14-8-18-13(7-12(14)16)10-3-5-11(17-2)6-4-10/h3-6,12-14,16H,7-8H2,1-2H3/t12-,13+,14-/m0/s1. The van der Waals surface area contributed by atoms with Crippen molar-refractivity contribution in [2.75, 3.05) is 13.7 Å². The van der Waals surface area contributed by atoms with Gasteiger partial charge in [0.15, 0.2) is 6.10 Å². The van der Waals surface area contributed by atoms with Crippen LogP contribution in [-0.2, 0) is 14.3 Å². The Labute approximate surface area is 112 Å². The normalized spacial score (nSPS) is 26.8. The van der Waals surface area contributed by atoms with Crippen LogP contribution in [0.2, 0.25) is 0 Å². The molecule has 104 valence electrons. The molecule has 2 rings (SSSR count). The average molecular weight is 266 g/mol. The first kappa shape index (κ1) is 13.8. The fraction of sp³-hybridized carbons (Fsp3) is 0.500. The first-order valence-electron chi connectivity index (χ1n) is 6.21. The number of ether oxygens (including phenoxy) is 3. The molecule has 0 bridgehead atoms. The van der Waals surface area contributed by atoms with Crippen molar-refractivity contribution in [1.29, 1.82) is 0 Å². The Hall–Kier alpha value is -1.59. The van der Waals surface area contributed by atoms with E-state index in [1.54, 1.807) is 7.11 Å². The van der Waals surface area contributed by atoms with Gasteiger partial charge in [-0.2, -0.15) is 0 Å². The lowest BCUT2D eigenvalue weighted by molar-refractivity contribution is -0.173. The van der Waals surface area contributed by atoms with Gasteiger partial charge in [0.05, 0.1) is 25.9 Å². The minimum absolute atomic E-state index is 0.187. The first-order valence-corrected chi connectivity index (χ1v) is 6.21. The number of carbonyl (C=O) groups excluding carboxylic acids is 1. The molecular formula is C14H18O5. The van der Waals surface area contributed by atoms with Gasteiger partial charge < -0.3 is 19.3 Å². The summed E-state index contributed by atoms with van der Waals surface area (Å²) in [5.74, 6) is 0.369. The highest BCUT2D eigenvalue weighted by molar-refractivity contribution is 5.66. The van der Waals surface area contributed by atoms with Crippen LogP contribution in [0.25, 0.3) is 0 Å². The molecule has 1 fully saturated rings. The molecule has 0 unspecified atom stereocenters. The van der Waals surface area contributed by atoms with Gasteiger partial charge in [-0.1, -0.05) is 12.1 Å². The summed E-state index contributed by atoms with van der Waals surface area (Å²) in [6, 6.07) is 7.51. The molecule has 1 heterocycles. The summed E-state index contributed by atoms with van der Waals surface area (Å²) in [7, 11) is 1.61. The Balaban J connectivity index is 1.98. The molecule has 1 aliphatic heterocycles. The van der Waals surface area contributed by atoms with E-state index in [1.165, 1.54) is 6.92 Å². The van der Waals surface area contributed by atoms with Crippen molar-refractivity contribution in [1.82, 2.24) is 0 Å². The molecule has 5 nitrogen and oxygen atoms in total. The van der Waals surface area contributed by atoms with Crippen LogP contribution in [0.1, 0.15) is 25.0 Å². The number of esters is 1. The van der Waals surface area contributed by atoms with Gasteiger partial charge in [-0.15, -0.1) is 0 Å². The van der Waals surface area contributed by atoms with Gasteiger partial charge in [-0.05, 0) is 17.7 Å². The fourth-order valence-electron chi connectivity index (χ4n) is 2.14. The van der Waals surface area contributed by atoms with Gasteiger partial charge in [-0.25, -0.2) is 0 Å². The van der Waals surface area contributed by atoms with Crippen LogP contribution in [0.4, 0.5) is 0 Å². The molecule has 1 N–H and O–H groups in total. The second-order valence-electron chi connectivity index (χ2n) is 4.55. The molecule has 0 aliphatic carbocycles. The third-order valence-electron chi connectivity index (χ3n) is 3.15. The predicted octanol–water partition coefficient (Wildman–Crippen LogP) is 1.45. The van der Waals surface area contributed by atoms with E-state index in [0.717, 1.165) is 11.3 Å². The third-order valence-corrected chi connectivity index (χ3v) is 3.15. The SMILES string of the molecule is COc1ccc([C@H]2C[C@H](O)[C@@H](OC(C)=O)CO2)cc1. The van der Waals surface area contributed by atoms with Crippen molar-refractivity contribution in [3.8, 4) is 5.75 Å². The minimum Gasteiger partial charge on any atom is -0.497 e. The van der Waals surface area contributed by atoms with Crippen LogP contribution in [0, 0.1) is 0 Å². The van der Waals surface area contributed by atoms with E-state index < -0.39 is 18.2 Å². The Morgan fingerprint density at radius 3 is 2.58 bits per heavy atom. The van der Waals surface area contributed by atoms with Crippen molar-refractivity contribution < 1.29 is 24.1 Å². The molecule has 0 spiro atoms. The second-order valence-corrected chi connectivity index (χ2v) is 4.55. The summed E-state index contributed by atoms with van der Waals surface area (Å²) in [5, 5.41) is 9.97. The third kappa shape index (κ3) is 3.45. The summed E-state index contributed by atoms with van der Waals surface area (Å²) in [6.45, 7) is 1.53. The molecule has 1 aromatic carbocycles. The van der Waals surface area contributed by atoms with Gasteiger partial charge in [0, 0.05) is 13.3 Å². The maximum atomic E-state index is 10.9. The highest BCUT2D eigenvalue weighted by Gasteiger charge is 2.32. The summed E-state index contributed by atoms with van der Waals surface area (Å²) in [6.07, 6.45) is -1.06. The number of aliphatic hydroxyl groups is 1. The fourth-order valence-corrected chi connectivity index (χ4v) is 2.14. The van der Waals surface area contributed by atoms with Gasteiger partial charge in [-0.3, -0.25) is 4.79 Å². The van der Waals surface area contributed by atoms with Crippen molar-refractivity contribution in [3.05, 3.63) is 29.8 Å². The molecule has 0 radical (unpaired) electrons. The van der Waals surface area contributed by atoms with Crippen LogP contribution in [-0.4, -0.2) is 37.0 Å². The van der Waals surface area contributed by atoms with E-state index in [9.17, 15) is 9.90 Å². The lowest BCUT2D eigenvalue weighted by Gasteiger charge is -2.32. The lowest BCUT2D eigenvalue weighted by atomic mass is 9.98. The topological polar surface area (TPSA) is 65.0 Å². The number of carbonyl (C=O) groups is 1. The molecule has 1 aliphatic rings. The van der Waals surface area contributed by atoms with Crippen LogP contribution in [0.15, 0.2) is 24.3 Å². The zero-order valence-electron chi connectivity index (χ0n) is 11.0. The smallest absolute Gasteiger partial charge is 0.303 e. The molecular weight excluding hydrogens is 248 g/mol. The summed E-state index contributed by atoms with van der Waals surface area (Å²) in [4.78, 5) is 10.9. The van der Waals surface area contributed by atoms with Crippen molar-refractivity contribution >= 4 is 5.97 Å². The number of benzene rings is 1. The van der Waals surface area contributed by atoms with Crippen LogP contribution < -0.4 is 4.74 Å². The molecule has 1 saturated heterocycles. The van der Waals surface area contributed by atoms with Gasteiger partial charge >= 0.3 is 5.97 Å². The Morgan fingerprint density at radius 1 is 1.37 bits per heavy atom. The van der Waals surface area contributed by atoms with Crippen molar-refractivity contribution in [2.24, 2.45) is 0 Å². The van der Waals surface area contributed by atoms with E-state index in [1.807, 2.05) is 24.3 Å². The highest BCUT2D eigenvalue weighted by Crippen LogP contribution is 2.30. The summed E-state index contributed by atoms with van der Waals surface area (Å²) >= 11 is 0. The quantitative estimate of drug-likeness (QED) is 0.839. The molecule has 19 heavy (non-hydrogen) atoms. The monoisotopic (exact) mass is 266 g/mol. The maximum absolute atomic E-state index is 10.9. The number of aliphatic hydroxyl groups excluding tert-OH is 1. The van der Waals surface area contributed by atoms with Crippen LogP contribution in [0.3, 0.4) is 0 Å². The van der Waals surface area contributed by atoms with E-state index in [-0.39, 0.29) is 12.7 Å². The van der Waals surface area contributed by atoms with E-state index >= 15 is 0 Å². The molecule has 0 amide bonds. The molecule has 1 aromatic rings. The first-order chi connectivity index (χ1) is 9.10. The maximum Gasteiger partial charge on any atom is 0.303 e. The lowest BCUT2D eigenvalue weighted by Crippen LogP contribution is -2.40. The van der Waals surface area contributed by atoms with Gasteiger partial charge in [0.1, 0.15) is 5.75 Å². The van der Waals surface area contributed by atoms with E-state index in [0.29, 0.717) is 6.42 Å². The summed E-state index contributed by atoms with van der Waals surface area (Å²) < 4.78 is 15.7. The van der Waals surface area contributed by atoms with Crippen LogP contribution in [0.5, 0.6) is 5.75 Å². The zero-order valence-corrected chi connectivity index (χ0v) is 11.0. The highest BCUT2D eigenvalue weighted by atomic mass is 16.6. The van der Waals surface area contributed by atoms with Gasteiger partial charge in [0.2, 0.25) is 0 Å². The number of rotatable bonds is 3. The molecule has 0 aromatic heterocycles. The Bertz CT molecular complexity index is 428. The predicted molar refractivity (Wildman–Crippen MR) is 67.9 cm³/mol. The molecule has 5 heteroatoms. The number of methoxy groups -OCH3 is 1. The minimum atomic E-state index is -0.704. The average Bonchev–Trinajstić information content (AvgIpc) is 2.41. The largest absolute Gasteiger partial charge is 0.497 e. The zero-order chi connectivity index (χ0) is 13.8. The van der Waals surface area contributed by atoms with E-state index in [2.05, 4.69) is 0 Å². The van der Waals surface area contributed by atoms with Crippen molar-refractivity contribution in [3.63, 3.8) is 0 Å². The van der Waals surface area contributed by atoms with Crippen LogP contribution >= 0.6 is 0 Å². The number of hydrogen-bond donors (Lipinski definition) is 1. The van der Waals surface area contributed by atoms with Gasteiger partial charge in [0.25, 0.3) is 0 Å². The number of hydrogen-bond acceptors (Lipinski definition) is 5. The second kappa shape index (κ2) is 6.04. The Morgan fingerprint density at radius 2 is 2.05 bits per heavy atom. The van der Waals surface area contributed by atoms with Crippen molar-refractivity contribution in [2.45, 2.75) is 31.7 Å². The molecule has 3 atom stereocenters. The summed E-state index contributed by atoms with van der Waals surface area (Å²) in [5.41, 5.74) is 0.973. The van der Waals surface area contributed by atoms with E-state index in [4.69, 9.17) is 14.2 Å². The Kier molecular flexibility index (Phi) is 4.39. The molecule has 0 saturated carbocycles.